The standard InChI is InChI=1S/C19H14ClFN2O3/c1-10-18(19-22-11(2)23-26-19)13-8-12(6-7-17(13)25-10)24-9-14-15(20)4-3-5-16(14)21/h3-8H,9H2,1-2H3. The molecule has 0 radical (unpaired) electrons. The number of fused-ring (bicyclic) bond motifs is 1. The number of benzene rings is 2. The van der Waals surface area contributed by atoms with Gasteiger partial charge in [-0.05, 0) is 44.2 Å². The lowest BCUT2D eigenvalue weighted by Crippen LogP contribution is -1.99. The molecule has 4 aromatic rings. The van der Waals surface area contributed by atoms with Gasteiger partial charge in [-0.2, -0.15) is 4.98 Å². The van der Waals surface area contributed by atoms with Gasteiger partial charge in [-0.1, -0.05) is 22.8 Å². The zero-order valence-corrected chi connectivity index (χ0v) is 14.8. The van der Waals surface area contributed by atoms with Crippen LogP contribution in [0.2, 0.25) is 5.02 Å². The maximum absolute atomic E-state index is 13.9. The first-order valence-electron chi connectivity index (χ1n) is 7.92. The van der Waals surface area contributed by atoms with Gasteiger partial charge in [0.25, 0.3) is 5.89 Å². The van der Waals surface area contributed by atoms with Gasteiger partial charge in [0.05, 0.1) is 10.6 Å². The number of rotatable bonds is 4. The predicted octanol–water partition coefficient (Wildman–Crippen LogP) is 5.47. The van der Waals surface area contributed by atoms with Gasteiger partial charge in [-0.25, -0.2) is 4.39 Å². The van der Waals surface area contributed by atoms with E-state index in [1.165, 1.54) is 6.07 Å². The minimum Gasteiger partial charge on any atom is -0.489 e. The van der Waals surface area contributed by atoms with Crippen molar-refractivity contribution < 1.29 is 18.1 Å². The van der Waals surface area contributed by atoms with Crippen molar-refractivity contribution >= 4 is 22.6 Å². The summed E-state index contributed by atoms with van der Waals surface area (Å²) >= 11 is 6.04. The third kappa shape index (κ3) is 2.93. The van der Waals surface area contributed by atoms with E-state index in [4.69, 9.17) is 25.3 Å². The van der Waals surface area contributed by atoms with Crippen molar-refractivity contribution in [3.63, 3.8) is 0 Å². The van der Waals surface area contributed by atoms with Crippen LogP contribution in [-0.4, -0.2) is 10.1 Å². The topological polar surface area (TPSA) is 61.3 Å². The molecule has 0 aliphatic heterocycles. The smallest absolute Gasteiger partial charge is 0.262 e. The molecule has 7 heteroatoms. The molecule has 0 aliphatic carbocycles. The average molecular weight is 373 g/mol. The van der Waals surface area contributed by atoms with E-state index in [1.54, 1.807) is 37.3 Å². The quantitative estimate of drug-likeness (QED) is 0.475. The van der Waals surface area contributed by atoms with Gasteiger partial charge in [-0.3, -0.25) is 0 Å². The Labute approximate surface area is 153 Å². The number of hydrogen-bond acceptors (Lipinski definition) is 5. The first kappa shape index (κ1) is 16.6. The molecule has 0 bridgehead atoms. The van der Waals surface area contributed by atoms with Crippen LogP contribution in [0.5, 0.6) is 5.75 Å². The molecule has 0 aliphatic rings. The molecular weight excluding hydrogens is 359 g/mol. The third-order valence-electron chi connectivity index (χ3n) is 4.02. The highest BCUT2D eigenvalue weighted by Crippen LogP contribution is 2.36. The Kier molecular flexibility index (Phi) is 4.12. The molecule has 4 rings (SSSR count). The maximum atomic E-state index is 13.9. The van der Waals surface area contributed by atoms with Crippen molar-refractivity contribution in [3.8, 4) is 17.2 Å². The lowest BCUT2D eigenvalue weighted by molar-refractivity contribution is 0.300. The van der Waals surface area contributed by atoms with Crippen LogP contribution in [0.4, 0.5) is 4.39 Å². The van der Waals surface area contributed by atoms with Crippen molar-refractivity contribution in [2.45, 2.75) is 20.5 Å². The van der Waals surface area contributed by atoms with Gasteiger partial charge in [0.1, 0.15) is 29.5 Å². The van der Waals surface area contributed by atoms with Gasteiger partial charge in [0.2, 0.25) is 0 Å². The van der Waals surface area contributed by atoms with Crippen LogP contribution in [0.15, 0.2) is 45.3 Å². The highest BCUT2D eigenvalue weighted by molar-refractivity contribution is 6.31. The summed E-state index contributed by atoms with van der Waals surface area (Å²) < 4.78 is 30.6. The van der Waals surface area contributed by atoms with Crippen molar-refractivity contribution in [3.05, 3.63) is 64.4 Å². The van der Waals surface area contributed by atoms with Gasteiger partial charge in [-0.15, -0.1) is 0 Å². The normalized spacial score (nSPS) is 11.2. The molecule has 26 heavy (non-hydrogen) atoms. The van der Waals surface area contributed by atoms with Crippen molar-refractivity contribution in [2.24, 2.45) is 0 Å². The zero-order chi connectivity index (χ0) is 18.3. The van der Waals surface area contributed by atoms with Crippen LogP contribution in [-0.2, 0) is 6.61 Å². The Balaban J connectivity index is 1.69. The third-order valence-corrected chi connectivity index (χ3v) is 4.38. The lowest BCUT2D eigenvalue weighted by atomic mass is 10.1. The van der Waals surface area contributed by atoms with E-state index in [-0.39, 0.29) is 6.61 Å². The number of furan rings is 1. The van der Waals surface area contributed by atoms with E-state index in [1.807, 2.05) is 6.92 Å². The maximum Gasteiger partial charge on any atom is 0.262 e. The van der Waals surface area contributed by atoms with Crippen LogP contribution in [0.25, 0.3) is 22.4 Å². The van der Waals surface area contributed by atoms with Crippen LogP contribution in [0.3, 0.4) is 0 Å². The minimum absolute atomic E-state index is 0.0167. The number of halogens is 2. The average Bonchev–Trinajstić information content (AvgIpc) is 3.16. The van der Waals surface area contributed by atoms with E-state index in [2.05, 4.69) is 10.1 Å². The van der Waals surface area contributed by atoms with Crippen molar-refractivity contribution in [2.75, 3.05) is 0 Å². The molecule has 0 N–H and O–H groups in total. The molecule has 0 amide bonds. The number of ether oxygens (including phenoxy) is 1. The van der Waals surface area contributed by atoms with E-state index in [0.717, 1.165) is 10.9 Å². The summed E-state index contributed by atoms with van der Waals surface area (Å²) in [4.78, 5) is 4.26. The molecule has 0 atom stereocenters. The summed E-state index contributed by atoms with van der Waals surface area (Å²) in [5.74, 6) is 1.73. The zero-order valence-electron chi connectivity index (χ0n) is 14.0. The second-order valence-corrected chi connectivity index (χ2v) is 6.23. The molecule has 0 fully saturated rings. The van der Waals surface area contributed by atoms with Crippen LogP contribution in [0.1, 0.15) is 17.1 Å². The molecule has 0 unspecified atom stereocenters. The largest absolute Gasteiger partial charge is 0.489 e. The molecule has 0 saturated heterocycles. The number of aryl methyl sites for hydroxylation is 2. The molecule has 2 heterocycles. The van der Waals surface area contributed by atoms with Crippen LogP contribution < -0.4 is 4.74 Å². The Morgan fingerprint density at radius 1 is 1.19 bits per heavy atom. The highest BCUT2D eigenvalue weighted by Gasteiger charge is 2.19. The number of hydrogen-bond donors (Lipinski definition) is 0. The second-order valence-electron chi connectivity index (χ2n) is 5.83. The van der Waals surface area contributed by atoms with Gasteiger partial charge in [0.15, 0.2) is 5.82 Å². The summed E-state index contributed by atoms with van der Waals surface area (Å²) in [5.41, 5.74) is 1.70. The SMILES string of the molecule is Cc1noc(-c2c(C)oc3ccc(OCc4c(F)cccc4Cl)cc23)n1. The molecule has 2 aromatic carbocycles. The van der Waals surface area contributed by atoms with Gasteiger partial charge in [0, 0.05) is 10.9 Å². The molecule has 132 valence electrons. The Morgan fingerprint density at radius 2 is 2.04 bits per heavy atom. The van der Waals surface area contributed by atoms with E-state index < -0.39 is 5.82 Å². The number of aromatic nitrogens is 2. The summed E-state index contributed by atoms with van der Waals surface area (Å²) in [6.45, 7) is 3.59. The summed E-state index contributed by atoms with van der Waals surface area (Å²) in [5, 5.41) is 4.93. The summed E-state index contributed by atoms with van der Waals surface area (Å²) in [6.07, 6.45) is 0. The Hall–Kier alpha value is -2.86. The number of nitrogens with zero attached hydrogens (tertiary/aromatic N) is 2. The first-order valence-corrected chi connectivity index (χ1v) is 8.30. The van der Waals surface area contributed by atoms with Gasteiger partial charge >= 0.3 is 0 Å². The Bertz CT molecular complexity index is 1080. The Morgan fingerprint density at radius 3 is 2.77 bits per heavy atom. The van der Waals surface area contributed by atoms with E-state index in [9.17, 15) is 4.39 Å². The van der Waals surface area contributed by atoms with Crippen molar-refractivity contribution in [1.29, 1.82) is 0 Å². The van der Waals surface area contributed by atoms with Crippen LogP contribution >= 0.6 is 11.6 Å². The fourth-order valence-corrected chi connectivity index (χ4v) is 3.00. The molecule has 0 spiro atoms. The van der Waals surface area contributed by atoms with Gasteiger partial charge < -0.3 is 13.7 Å². The predicted molar refractivity (Wildman–Crippen MR) is 94.7 cm³/mol. The van der Waals surface area contributed by atoms with E-state index in [0.29, 0.717) is 39.4 Å². The highest BCUT2D eigenvalue weighted by atomic mass is 35.5. The van der Waals surface area contributed by atoms with E-state index >= 15 is 0 Å². The molecule has 2 aromatic heterocycles. The molecule has 5 nitrogen and oxygen atoms in total. The molecule has 0 saturated carbocycles. The van der Waals surface area contributed by atoms with Crippen LogP contribution in [0, 0.1) is 19.7 Å². The minimum atomic E-state index is -0.403. The fraction of sp³-hybridized carbons (Fsp3) is 0.158. The second kappa shape index (κ2) is 6.46. The monoisotopic (exact) mass is 372 g/mol. The first-order chi connectivity index (χ1) is 12.5. The van der Waals surface area contributed by atoms with Crippen molar-refractivity contribution in [1.82, 2.24) is 10.1 Å². The summed E-state index contributed by atoms with van der Waals surface area (Å²) in [6, 6.07) is 9.87. The summed E-state index contributed by atoms with van der Waals surface area (Å²) in [7, 11) is 0. The fourth-order valence-electron chi connectivity index (χ4n) is 2.78. The lowest BCUT2D eigenvalue weighted by Gasteiger charge is -2.09. The molecular formula is C19H14ClFN2O3.